The van der Waals surface area contributed by atoms with Crippen molar-refractivity contribution in [3.63, 3.8) is 0 Å². The number of amides is 1. The van der Waals surface area contributed by atoms with E-state index in [1.807, 2.05) is 30.3 Å². The lowest BCUT2D eigenvalue weighted by atomic mass is 10.2. The SMILES string of the molecule is C=CCN(Cc1ccc(OC)cc1)C(=O)Cn1ncc(=O)c2ccccc21. The van der Waals surface area contributed by atoms with Crippen LogP contribution in [0.15, 0.2) is 72.2 Å². The van der Waals surface area contributed by atoms with Crippen LogP contribution in [0.25, 0.3) is 10.9 Å². The maximum Gasteiger partial charge on any atom is 0.244 e. The largest absolute Gasteiger partial charge is 0.497 e. The third-order valence-corrected chi connectivity index (χ3v) is 4.28. The summed E-state index contributed by atoms with van der Waals surface area (Å²) in [5.41, 5.74) is 1.47. The first-order chi connectivity index (χ1) is 13.1. The van der Waals surface area contributed by atoms with E-state index in [-0.39, 0.29) is 17.9 Å². The number of hydrogen-bond acceptors (Lipinski definition) is 4. The van der Waals surface area contributed by atoms with Crippen molar-refractivity contribution < 1.29 is 9.53 Å². The molecule has 138 valence electrons. The monoisotopic (exact) mass is 363 g/mol. The second-order valence-corrected chi connectivity index (χ2v) is 6.09. The normalized spacial score (nSPS) is 10.6. The molecule has 0 saturated heterocycles. The number of benzene rings is 2. The summed E-state index contributed by atoms with van der Waals surface area (Å²) in [5.74, 6) is 0.663. The van der Waals surface area contributed by atoms with Crippen molar-refractivity contribution in [2.75, 3.05) is 13.7 Å². The topological polar surface area (TPSA) is 64.4 Å². The third-order valence-electron chi connectivity index (χ3n) is 4.28. The molecule has 1 heterocycles. The summed E-state index contributed by atoms with van der Waals surface area (Å²) in [6.07, 6.45) is 2.94. The molecule has 0 saturated carbocycles. The summed E-state index contributed by atoms with van der Waals surface area (Å²) in [6.45, 7) is 4.66. The Morgan fingerprint density at radius 2 is 1.96 bits per heavy atom. The molecule has 0 aliphatic carbocycles. The quantitative estimate of drug-likeness (QED) is 0.606. The van der Waals surface area contributed by atoms with E-state index in [2.05, 4.69) is 11.7 Å². The third kappa shape index (κ3) is 4.23. The molecule has 0 aliphatic rings. The van der Waals surface area contributed by atoms with Gasteiger partial charge in [-0.25, -0.2) is 0 Å². The lowest BCUT2D eigenvalue weighted by Gasteiger charge is -2.22. The van der Waals surface area contributed by atoms with Crippen LogP contribution in [0.1, 0.15) is 5.56 Å². The van der Waals surface area contributed by atoms with E-state index in [0.29, 0.717) is 24.0 Å². The minimum Gasteiger partial charge on any atom is -0.497 e. The molecule has 6 nitrogen and oxygen atoms in total. The summed E-state index contributed by atoms with van der Waals surface area (Å²) in [4.78, 5) is 26.5. The molecule has 6 heteroatoms. The van der Waals surface area contributed by atoms with Gasteiger partial charge in [-0.2, -0.15) is 5.10 Å². The molecule has 0 spiro atoms. The predicted molar refractivity (Wildman–Crippen MR) is 105 cm³/mol. The second kappa shape index (κ2) is 8.31. The number of carbonyl (C=O) groups is 1. The Morgan fingerprint density at radius 3 is 2.67 bits per heavy atom. The highest BCUT2D eigenvalue weighted by atomic mass is 16.5. The van der Waals surface area contributed by atoms with Crippen LogP contribution < -0.4 is 10.2 Å². The highest BCUT2D eigenvalue weighted by Gasteiger charge is 2.15. The molecule has 1 amide bonds. The Morgan fingerprint density at radius 1 is 1.22 bits per heavy atom. The number of rotatable bonds is 7. The van der Waals surface area contributed by atoms with Crippen molar-refractivity contribution in [3.05, 3.63) is 83.2 Å². The van der Waals surface area contributed by atoms with Crippen molar-refractivity contribution >= 4 is 16.8 Å². The van der Waals surface area contributed by atoms with E-state index >= 15 is 0 Å². The molecule has 2 aromatic carbocycles. The summed E-state index contributed by atoms with van der Waals surface area (Å²) < 4.78 is 6.72. The number of ether oxygens (including phenoxy) is 1. The van der Waals surface area contributed by atoms with Gasteiger partial charge in [0.1, 0.15) is 12.3 Å². The molecule has 3 rings (SSSR count). The molecule has 0 N–H and O–H groups in total. The standard InChI is InChI=1S/C21H21N3O3/c1-3-12-23(14-16-8-10-17(27-2)11-9-16)21(26)15-24-19-7-5-4-6-18(19)20(25)13-22-24/h3-11,13H,1,12,14-15H2,2H3. The van der Waals surface area contributed by atoms with Crippen LogP contribution >= 0.6 is 0 Å². The van der Waals surface area contributed by atoms with Gasteiger partial charge in [0.15, 0.2) is 0 Å². The summed E-state index contributed by atoms with van der Waals surface area (Å²) in [7, 11) is 1.62. The van der Waals surface area contributed by atoms with Crippen molar-refractivity contribution in [2.45, 2.75) is 13.1 Å². The first-order valence-electron chi connectivity index (χ1n) is 8.59. The molecular weight excluding hydrogens is 342 g/mol. The van der Waals surface area contributed by atoms with Gasteiger partial charge in [0, 0.05) is 18.5 Å². The maximum absolute atomic E-state index is 12.9. The Hall–Kier alpha value is -3.41. The number of nitrogens with zero attached hydrogens (tertiary/aromatic N) is 3. The Kier molecular flexibility index (Phi) is 5.66. The lowest BCUT2D eigenvalue weighted by Crippen LogP contribution is -2.34. The minimum atomic E-state index is -0.157. The number of methoxy groups -OCH3 is 1. The van der Waals surface area contributed by atoms with Gasteiger partial charge in [0.2, 0.25) is 11.3 Å². The van der Waals surface area contributed by atoms with E-state index in [0.717, 1.165) is 11.3 Å². The van der Waals surface area contributed by atoms with Gasteiger partial charge in [0.05, 0.1) is 18.8 Å². The fourth-order valence-corrected chi connectivity index (χ4v) is 2.88. The smallest absolute Gasteiger partial charge is 0.244 e. The molecule has 27 heavy (non-hydrogen) atoms. The molecule has 0 bridgehead atoms. The molecule has 1 aromatic heterocycles. The van der Waals surface area contributed by atoms with Crippen LogP contribution in [0.2, 0.25) is 0 Å². The Balaban J connectivity index is 1.82. The average molecular weight is 363 g/mol. The van der Waals surface area contributed by atoms with E-state index in [9.17, 15) is 9.59 Å². The van der Waals surface area contributed by atoms with Gasteiger partial charge < -0.3 is 9.64 Å². The first kappa shape index (κ1) is 18.4. The highest BCUT2D eigenvalue weighted by molar-refractivity contribution is 5.81. The Bertz CT molecular complexity index is 1010. The molecular formula is C21H21N3O3. The van der Waals surface area contributed by atoms with Gasteiger partial charge in [-0.1, -0.05) is 30.3 Å². The summed E-state index contributed by atoms with van der Waals surface area (Å²) >= 11 is 0. The van der Waals surface area contributed by atoms with Crippen molar-refractivity contribution in [1.82, 2.24) is 14.7 Å². The molecule has 0 unspecified atom stereocenters. The molecule has 3 aromatic rings. The van der Waals surface area contributed by atoms with Gasteiger partial charge >= 0.3 is 0 Å². The maximum atomic E-state index is 12.9. The molecule has 0 atom stereocenters. The highest BCUT2D eigenvalue weighted by Crippen LogP contribution is 2.14. The second-order valence-electron chi connectivity index (χ2n) is 6.09. The predicted octanol–water partition coefficient (Wildman–Crippen LogP) is 2.62. The van der Waals surface area contributed by atoms with Gasteiger partial charge in [-0.3, -0.25) is 14.3 Å². The van der Waals surface area contributed by atoms with Crippen LogP contribution in [0.4, 0.5) is 0 Å². The number of fused-ring (bicyclic) bond motifs is 1. The van der Waals surface area contributed by atoms with Crippen LogP contribution in [0.3, 0.4) is 0 Å². The van der Waals surface area contributed by atoms with E-state index < -0.39 is 0 Å². The first-order valence-corrected chi connectivity index (χ1v) is 8.59. The van der Waals surface area contributed by atoms with Crippen LogP contribution in [0, 0.1) is 0 Å². The zero-order chi connectivity index (χ0) is 19.2. The zero-order valence-electron chi connectivity index (χ0n) is 15.2. The van der Waals surface area contributed by atoms with Crippen LogP contribution in [0.5, 0.6) is 5.75 Å². The summed E-state index contributed by atoms with van der Waals surface area (Å²) in [6, 6.07) is 14.7. The van der Waals surface area contributed by atoms with Crippen LogP contribution in [-0.4, -0.2) is 34.2 Å². The lowest BCUT2D eigenvalue weighted by molar-refractivity contribution is -0.132. The number of carbonyl (C=O) groups excluding carboxylic acids is 1. The minimum absolute atomic E-state index is 0.0464. The molecule has 0 radical (unpaired) electrons. The van der Waals surface area contributed by atoms with Crippen molar-refractivity contribution in [3.8, 4) is 5.75 Å². The van der Waals surface area contributed by atoms with Crippen molar-refractivity contribution in [1.29, 1.82) is 0 Å². The van der Waals surface area contributed by atoms with Gasteiger partial charge in [0.25, 0.3) is 0 Å². The fourth-order valence-electron chi connectivity index (χ4n) is 2.88. The number of aromatic nitrogens is 2. The van der Waals surface area contributed by atoms with E-state index in [4.69, 9.17) is 4.74 Å². The van der Waals surface area contributed by atoms with Crippen molar-refractivity contribution in [2.24, 2.45) is 0 Å². The average Bonchev–Trinajstić information content (AvgIpc) is 2.70. The fraction of sp³-hybridized carbons (Fsp3) is 0.190. The van der Waals surface area contributed by atoms with Gasteiger partial charge in [-0.15, -0.1) is 6.58 Å². The number of hydrogen-bond donors (Lipinski definition) is 0. The molecule has 0 aliphatic heterocycles. The van der Waals surface area contributed by atoms with Gasteiger partial charge in [-0.05, 0) is 29.8 Å². The summed E-state index contributed by atoms with van der Waals surface area (Å²) in [5, 5.41) is 4.68. The van der Waals surface area contributed by atoms with Crippen LogP contribution in [-0.2, 0) is 17.9 Å². The number of para-hydroxylation sites is 1. The Labute approximate surface area is 157 Å². The van der Waals surface area contributed by atoms with E-state index in [1.54, 1.807) is 41.0 Å². The molecule has 0 fully saturated rings. The van der Waals surface area contributed by atoms with E-state index in [1.165, 1.54) is 6.20 Å². The zero-order valence-corrected chi connectivity index (χ0v) is 15.2.